The van der Waals surface area contributed by atoms with Crippen LogP contribution in [0.1, 0.15) is 25.8 Å². The number of benzene rings is 1. The molecule has 2 aliphatic rings. The number of rotatable bonds is 7. The minimum Gasteiger partial charge on any atom is -0.337 e. The van der Waals surface area contributed by atoms with E-state index >= 15 is 0 Å². The number of urea groups is 1. The third-order valence-corrected chi connectivity index (χ3v) is 6.96. The molecule has 29 heavy (non-hydrogen) atoms. The zero-order chi connectivity index (χ0) is 21.2. The first-order chi connectivity index (χ1) is 13.7. The largest absolute Gasteiger partial charge is 0.337 e. The highest BCUT2D eigenvalue weighted by Crippen LogP contribution is 2.20. The highest BCUT2D eigenvalue weighted by molar-refractivity contribution is 7.91. The lowest BCUT2D eigenvalue weighted by atomic mass is 10.1. The summed E-state index contributed by atoms with van der Waals surface area (Å²) in [5.74, 6) is -0.707. The van der Waals surface area contributed by atoms with Crippen molar-refractivity contribution < 1.29 is 22.8 Å². The lowest BCUT2D eigenvalue weighted by molar-refractivity contribution is -0.139. The predicted molar refractivity (Wildman–Crippen MR) is 108 cm³/mol. The van der Waals surface area contributed by atoms with Crippen LogP contribution in [0.3, 0.4) is 0 Å². The Labute approximate surface area is 171 Å². The monoisotopic (exact) mass is 421 g/mol. The summed E-state index contributed by atoms with van der Waals surface area (Å²) >= 11 is 0. The fourth-order valence-corrected chi connectivity index (χ4v) is 5.54. The summed E-state index contributed by atoms with van der Waals surface area (Å²) in [7, 11) is -3.16. The summed E-state index contributed by atoms with van der Waals surface area (Å²) in [5, 5.41) is 2.64. The van der Waals surface area contributed by atoms with E-state index < -0.39 is 39.8 Å². The summed E-state index contributed by atoms with van der Waals surface area (Å²) < 4.78 is 23.7. The third kappa shape index (κ3) is 5.14. The van der Waals surface area contributed by atoms with Gasteiger partial charge in [0.2, 0.25) is 5.91 Å². The number of nitrogens with zero attached hydrogens (tertiary/aromatic N) is 2. The van der Waals surface area contributed by atoms with Crippen molar-refractivity contribution in [2.75, 3.05) is 24.6 Å². The lowest BCUT2D eigenvalue weighted by Crippen LogP contribution is -2.49. The number of hydrogen-bond donors (Lipinski definition) is 1. The van der Waals surface area contributed by atoms with Gasteiger partial charge in [-0.3, -0.25) is 14.5 Å². The van der Waals surface area contributed by atoms with Gasteiger partial charge in [0.15, 0.2) is 9.84 Å². The van der Waals surface area contributed by atoms with Gasteiger partial charge in [0.25, 0.3) is 5.91 Å². The van der Waals surface area contributed by atoms with Crippen molar-refractivity contribution in [3.63, 3.8) is 0 Å². The van der Waals surface area contributed by atoms with Crippen LogP contribution < -0.4 is 5.32 Å². The number of carbonyl (C=O) groups excluding carboxylic acids is 3. The Hall–Kier alpha value is -2.42. The second kappa shape index (κ2) is 8.52. The van der Waals surface area contributed by atoms with Crippen molar-refractivity contribution >= 4 is 27.7 Å². The van der Waals surface area contributed by atoms with E-state index in [0.717, 1.165) is 10.5 Å². The normalized spacial score (nSPS) is 23.5. The molecule has 0 radical (unpaired) electrons. The van der Waals surface area contributed by atoms with E-state index in [9.17, 15) is 22.8 Å². The predicted octanol–water partition coefficient (Wildman–Crippen LogP) is 0.821. The molecule has 8 nitrogen and oxygen atoms in total. The second-order valence-electron chi connectivity index (χ2n) is 8.11. The smallest absolute Gasteiger partial charge is 0.325 e. The van der Waals surface area contributed by atoms with Crippen LogP contribution in [0, 0.1) is 5.92 Å². The molecule has 0 bridgehead atoms. The van der Waals surface area contributed by atoms with Crippen molar-refractivity contribution in [3.05, 3.63) is 35.9 Å². The Balaban J connectivity index is 1.68. The molecular formula is C20H27N3O5S. The number of hydrogen-bond acceptors (Lipinski definition) is 5. The Morgan fingerprint density at radius 3 is 2.52 bits per heavy atom. The summed E-state index contributed by atoms with van der Waals surface area (Å²) in [6.45, 7) is 3.88. The van der Waals surface area contributed by atoms with Crippen molar-refractivity contribution in [1.29, 1.82) is 0 Å². The molecule has 0 aromatic heterocycles. The molecule has 0 saturated carbocycles. The van der Waals surface area contributed by atoms with Gasteiger partial charge in [-0.2, -0.15) is 0 Å². The Morgan fingerprint density at radius 2 is 1.93 bits per heavy atom. The first kappa shape index (κ1) is 21.3. The topological polar surface area (TPSA) is 104 Å². The maximum absolute atomic E-state index is 12.9. The molecular weight excluding hydrogens is 394 g/mol. The van der Waals surface area contributed by atoms with Crippen molar-refractivity contribution in [2.45, 2.75) is 38.8 Å². The van der Waals surface area contributed by atoms with Gasteiger partial charge in [-0.15, -0.1) is 0 Å². The molecule has 2 fully saturated rings. The SMILES string of the molecule is CC(C)CN(C(=O)CN1C(=O)NC(Cc2ccccc2)C1=O)C1CCS(=O)(=O)C1. The number of carbonyl (C=O) groups is 3. The van der Waals surface area contributed by atoms with Gasteiger partial charge >= 0.3 is 6.03 Å². The van der Waals surface area contributed by atoms with E-state index in [-0.39, 0.29) is 24.0 Å². The van der Waals surface area contributed by atoms with Gasteiger partial charge < -0.3 is 10.2 Å². The van der Waals surface area contributed by atoms with Gasteiger partial charge in [0.05, 0.1) is 11.5 Å². The van der Waals surface area contributed by atoms with Crippen molar-refractivity contribution in [2.24, 2.45) is 5.92 Å². The molecule has 2 unspecified atom stereocenters. The fraction of sp³-hybridized carbons (Fsp3) is 0.550. The van der Waals surface area contributed by atoms with Crippen LogP contribution in [0.4, 0.5) is 4.79 Å². The number of nitrogens with one attached hydrogen (secondary N) is 1. The highest BCUT2D eigenvalue weighted by atomic mass is 32.2. The first-order valence-electron chi connectivity index (χ1n) is 9.82. The molecule has 2 atom stereocenters. The highest BCUT2D eigenvalue weighted by Gasteiger charge is 2.41. The van der Waals surface area contributed by atoms with E-state index in [1.807, 2.05) is 44.2 Å². The summed E-state index contributed by atoms with van der Waals surface area (Å²) in [5.41, 5.74) is 0.914. The number of imide groups is 1. The van der Waals surface area contributed by atoms with E-state index in [0.29, 0.717) is 19.4 Å². The Bertz CT molecular complexity index is 885. The second-order valence-corrected chi connectivity index (χ2v) is 10.3. The molecule has 0 aliphatic carbocycles. The van der Waals surface area contributed by atoms with Crippen LogP contribution in [-0.2, 0) is 25.8 Å². The van der Waals surface area contributed by atoms with Gasteiger partial charge in [-0.1, -0.05) is 44.2 Å². The molecule has 3 rings (SSSR count). The van der Waals surface area contributed by atoms with Crippen LogP contribution in [0.15, 0.2) is 30.3 Å². The number of amides is 4. The summed E-state index contributed by atoms with van der Waals surface area (Å²) in [6, 6.07) is 7.63. The van der Waals surface area contributed by atoms with E-state index in [2.05, 4.69) is 5.32 Å². The van der Waals surface area contributed by atoms with Crippen molar-refractivity contribution in [1.82, 2.24) is 15.1 Å². The Morgan fingerprint density at radius 1 is 1.24 bits per heavy atom. The maximum atomic E-state index is 12.9. The molecule has 2 heterocycles. The molecule has 158 valence electrons. The van der Waals surface area contributed by atoms with Gasteiger partial charge in [-0.25, -0.2) is 13.2 Å². The van der Waals surface area contributed by atoms with E-state index in [4.69, 9.17) is 0 Å². The van der Waals surface area contributed by atoms with Crippen LogP contribution in [0.2, 0.25) is 0 Å². The van der Waals surface area contributed by atoms with Gasteiger partial charge in [-0.05, 0) is 17.9 Å². The molecule has 1 aromatic carbocycles. The van der Waals surface area contributed by atoms with Gasteiger partial charge in [0, 0.05) is 19.0 Å². The van der Waals surface area contributed by atoms with E-state index in [1.54, 1.807) is 0 Å². The quantitative estimate of drug-likeness (QED) is 0.657. The van der Waals surface area contributed by atoms with Crippen LogP contribution >= 0.6 is 0 Å². The molecule has 0 spiro atoms. The Kier molecular flexibility index (Phi) is 6.26. The average Bonchev–Trinajstić information content (AvgIpc) is 3.14. The minimum absolute atomic E-state index is 0.0574. The van der Waals surface area contributed by atoms with Crippen molar-refractivity contribution in [3.8, 4) is 0 Å². The number of sulfone groups is 1. The van der Waals surface area contributed by atoms with Crippen LogP contribution in [0.5, 0.6) is 0 Å². The van der Waals surface area contributed by atoms with Gasteiger partial charge in [0.1, 0.15) is 12.6 Å². The molecule has 1 aromatic rings. The summed E-state index contributed by atoms with van der Waals surface area (Å²) in [4.78, 5) is 40.4. The fourth-order valence-electron chi connectivity index (χ4n) is 3.81. The standard InChI is InChI=1S/C20H27N3O5S/c1-14(2)11-22(16-8-9-29(27,28)13-16)18(24)12-23-19(25)17(21-20(23)26)10-15-6-4-3-5-7-15/h3-7,14,16-17H,8-13H2,1-2H3,(H,21,26). The van der Waals surface area contributed by atoms with E-state index in [1.165, 1.54) is 4.90 Å². The lowest BCUT2D eigenvalue weighted by Gasteiger charge is -2.31. The van der Waals surface area contributed by atoms with Crippen LogP contribution in [-0.4, -0.2) is 72.7 Å². The minimum atomic E-state index is -3.16. The molecule has 4 amide bonds. The zero-order valence-corrected chi connectivity index (χ0v) is 17.5. The molecule has 9 heteroatoms. The third-order valence-electron chi connectivity index (χ3n) is 5.21. The maximum Gasteiger partial charge on any atom is 0.325 e. The summed E-state index contributed by atoms with van der Waals surface area (Å²) in [6.07, 6.45) is 0.740. The first-order valence-corrected chi connectivity index (χ1v) is 11.6. The molecule has 1 N–H and O–H groups in total. The average molecular weight is 422 g/mol. The molecule has 2 aliphatic heterocycles. The van der Waals surface area contributed by atoms with Crippen LogP contribution in [0.25, 0.3) is 0 Å². The zero-order valence-electron chi connectivity index (χ0n) is 16.7. The molecule has 2 saturated heterocycles.